The Hall–Kier alpha value is -6.53. The van der Waals surface area contributed by atoms with Gasteiger partial charge in [-0.3, -0.25) is 18.7 Å². The number of amides is 4. The average Bonchev–Trinajstić information content (AvgIpc) is 3.11. The maximum atomic E-state index is 13.2. The summed E-state index contributed by atoms with van der Waals surface area (Å²) in [5.41, 5.74) is 2.06. The lowest BCUT2D eigenvalue weighted by atomic mass is 10.1. The van der Waals surface area contributed by atoms with Crippen LogP contribution in [0.3, 0.4) is 0 Å². The monoisotopic (exact) mass is 770 g/mol. The summed E-state index contributed by atoms with van der Waals surface area (Å²) in [6.07, 6.45) is 0. The molecule has 4 amide bonds. The third-order valence-electron chi connectivity index (χ3n) is 8.49. The van der Waals surface area contributed by atoms with Crippen molar-refractivity contribution < 1.29 is 50.5 Å². The molecule has 15 nitrogen and oxygen atoms in total. The van der Waals surface area contributed by atoms with Gasteiger partial charge in [0.15, 0.2) is 0 Å². The van der Waals surface area contributed by atoms with E-state index >= 15 is 0 Å². The van der Waals surface area contributed by atoms with E-state index in [1.165, 1.54) is 48.5 Å². The number of carbonyl (C=O) groups is 3. The lowest BCUT2D eigenvalue weighted by molar-refractivity contribution is 0.101. The molecule has 0 spiro atoms. The van der Waals surface area contributed by atoms with E-state index in [0.29, 0.717) is 33.3 Å². The number of urea groups is 1. The van der Waals surface area contributed by atoms with Gasteiger partial charge in [-0.1, -0.05) is 48.5 Å². The van der Waals surface area contributed by atoms with Crippen molar-refractivity contribution in [2.45, 2.75) is 23.6 Å². The first-order chi connectivity index (χ1) is 25.4. The number of aromatic hydroxyl groups is 2. The van der Waals surface area contributed by atoms with Crippen molar-refractivity contribution in [3.05, 3.63) is 119 Å². The van der Waals surface area contributed by atoms with Crippen molar-refractivity contribution in [3.63, 3.8) is 0 Å². The highest BCUT2D eigenvalue weighted by atomic mass is 32.2. The van der Waals surface area contributed by atoms with E-state index < -0.39 is 59.4 Å². The number of aryl methyl sites for hydroxylation is 2. The number of fused-ring (bicyclic) bond motifs is 2. The van der Waals surface area contributed by atoms with Gasteiger partial charge < -0.3 is 31.5 Å². The molecule has 0 fully saturated rings. The molecule has 276 valence electrons. The number of phenols is 2. The normalized spacial score (nSPS) is 11.6. The summed E-state index contributed by atoms with van der Waals surface area (Å²) in [7, 11) is -9.65. The SMILES string of the molecule is Cc1cc(C(=O)Nc2cc(S(=O)(=O)O)c(O)c3ccccc23)ccc1NC(=O)Nc1ccc(C(=O)Nc2cc(S(=O)(=O)O)c(O)c3ccccc23)cc1C. The molecule has 0 aliphatic carbocycles. The van der Waals surface area contributed by atoms with Crippen LogP contribution in [0.5, 0.6) is 11.5 Å². The highest BCUT2D eigenvalue weighted by Crippen LogP contribution is 2.38. The Morgan fingerprint density at radius 1 is 0.481 bits per heavy atom. The molecule has 0 bridgehead atoms. The Labute approximate surface area is 307 Å². The molecule has 0 aliphatic rings. The van der Waals surface area contributed by atoms with Crippen LogP contribution in [0.4, 0.5) is 27.5 Å². The van der Waals surface area contributed by atoms with Crippen LogP contribution < -0.4 is 21.3 Å². The standard InChI is InChI=1S/C37H30N4O11S2/c1-19-15-21(35(44)38-29-17-31(53(47,48)49)33(42)25-9-5-3-7-23(25)29)11-13-27(19)40-37(46)41-28-14-12-22(16-20(28)2)36(45)39-30-18-32(54(50,51)52)34(43)26-10-6-4-8-24(26)30/h3-18,42-43H,1-2H3,(H,38,44)(H,39,45)(H2,40,41,46)(H,47,48,49)(H,50,51,52). The summed E-state index contributed by atoms with van der Waals surface area (Å²) < 4.78 is 66.8. The molecule has 0 radical (unpaired) electrons. The van der Waals surface area contributed by atoms with E-state index in [9.17, 15) is 50.5 Å². The summed E-state index contributed by atoms with van der Waals surface area (Å²) in [6, 6.07) is 22.4. The van der Waals surface area contributed by atoms with Gasteiger partial charge in [0, 0.05) is 44.0 Å². The van der Waals surface area contributed by atoms with E-state index in [1.54, 1.807) is 50.2 Å². The van der Waals surface area contributed by atoms with Gasteiger partial charge in [-0.15, -0.1) is 0 Å². The Morgan fingerprint density at radius 2 is 0.833 bits per heavy atom. The molecule has 54 heavy (non-hydrogen) atoms. The van der Waals surface area contributed by atoms with Gasteiger partial charge in [-0.05, 0) is 73.5 Å². The van der Waals surface area contributed by atoms with Crippen molar-refractivity contribution in [2.75, 3.05) is 21.3 Å². The third kappa shape index (κ3) is 7.50. The van der Waals surface area contributed by atoms with Gasteiger partial charge in [0.2, 0.25) is 0 Å². The Kier molecular flexibility index (Phi) is 9.74. The highest BCUT2D eigenvalue weighted by molar-refractivity contribution is 7.86. The number of hydrogen-bond donors (Lipinski definition) is 8. The molecule has 0 unspecified atom stereocenters. The topological polar surface area (TPSA) is 249 Å². The lowest BCUT2D eigenvalue weighted by Gasteiger charge is -2.15. The zero-order chi connectivity index (χ0) is 39.1. The molecule has 0 aromatic heterocycles. The zero-order valence-electron chi connectivity index (χ0n) is 28.2. The fraction of sp³-hybridized carbons (Fsp3) is 0.0541. The van der Waals surface area contributed by atoms with Crippen LogP contribution >= 0.6 is 0 Å². The predicted molar refractivity (Wildman–Crippen MR) is 202 cm³/mol. The molecule has 8 N–H and O–H groups in total. The van der Waals surface area contributed by atoms with Gasteiger partial charge in [-0.25, -0.2) is 4.79 Å². The van der Waals surface area contributed by atoms with E-state index in [-0.39, 0.29) is 33.3 Å². The number of rotatable bonds is 8. The Morgan fingerprint density at radius 3 is 1.17 bits per heavy atom. The fourth-order valence-electron chi connectivity index (χ4n) is 5.82. The van der Waals surface area contributed by atoms with Gasteiger partial charge in [0.1, 0.15) is 21.3 Å². The van der Waals surface area contributed by atoms with Crippen LogP contribution in [0.2, 0.25) is 0 Å². The molecule has 0 saturated carbocycles. The molecule has 6 aromatic rings. The molecule has 0 atom stereocenters. The van der Waals surface area contributed by atoms with E-state index in [4.69, 9.17) is 0 Å². The third-order valence-corrected chi connectivity index (χ3v) is 10.2. The van der Waals surface area contributed by atoms with Crippen molar-refractivity contribution in [2.24, 2.45) is 0 Å². The van der Waals surface area contributed by atoms with Gasteiger partial charge in [0.25, 0.3) is 32.1 Å². The summed E-state index contributed by atoms with van der Waals surface area (Å²) in [6.45, 7) is 3.29. The second-order valence-corrected chi connectivity index (χ2v) is 14.9. The first kappa shape index (κ1) is 37.2. The van der Waals surface area contributed by atoms with E-state index in [0.717, 1.165) is 12.1 Å². The van der Waals surface area contributed by atoms with Crippen LogP contribution in [0.25, 0.3) is 21.5 Å². The van der Waals surface area contributed by atoms with Crippen molar-refractivity contribution in [1.82, 2.24) is 0 Å². The van der Waals surface area contributed by atoms with Crippen LogP contribution in [0.15, 0.2) is 107 Å². The van der Waals surface area contributed by atoms with Crippen LogP contribution in [-0.4, -0.2) is 54.0 Å². The second kappa shape index (κ2) is 14.1. The maximum Gasteiger partial charge on any atom is 0.323 e. The smallest absolute Gasteiger partial charge is 0.323 e. The molecular formula is C37H30N4O11S2. The van der Waals surface area contributed by atoms with Crippen LogP contribution in [-0.2, 0) is 20.2 Å². The molecule has 17 heteroatoms. The second-order valence-electron chi connectivity index (χ2n) is 12.1. The van der Waals surface area contributed by atoms with Crippen LogP contribution in [0, 0.1) is 13.8 Å². The summed E-state index contributed by atoms with van der Waals surface area (Å²) in [5.74, 6) is -2.59. The predicted octanol–water partition coefficient (Wildman–Crippen LogP) is 6.66. The number of anilines is 4. The number of carbonyl (C=O) groups excluding carboxylic acids is 3. The highest BCUT2D eigenvalue weighted by Gasteiger charge is 2.23. The van der Waals surface area contributed by atoms with Gasteiger partial charge in [-0.2, -0.15) is 16.8 Å². The number of phenolic OH excluding ortho intramolecular Hbond substituents is 2. The van der Waals surface area contributed by atoms with Crippen LogP contribution in [0.1, 0.15) is 31.8 Å². The number of nitrogens with one attached hydrogen (secondary N) is 4. The minimum Gasteiger partial charge on any atom is -0.506 e. The molecule has 0 heterocycles. The molecule has 0 aliphatic heterocycles. The molecule has 6 rings (SSSR count). The first-order valence-corrected chi connectivity index (χ1v) is 18.7. The number of benzene rings is 6. The fourth-order valence-corrected chi connectivity index (χ4v) is 7.07. The van der Waals surface area contributed by atoms with E-state index in [1.807, 2.05) is 0 Å². The quantitative estimate of drug-likeness (QED) is 0.0600. The summed E-state index contributed by atoms with van der Waals surface area (Å²) in [4.78, 5) is 37.9. The van der Waals surface area contributed by atoms with E-state index in [2.05, 4.69) is 21.3 Å². The van der Waals surface area contributed by atoms with Crippen molar-refractivity contribution in [1.29, 1.82) is 0 Å². The summed E-state index contributed by atoms with van der Waals surface area (Å²) in [5, 5.41) is 32.3. The Bertz CT molecular complexity index is 2600. The van der Waals surface area contributed by atoms with Gasteiger partial charge in [0.05, 0.1) is 11.4 Å². The Balaban J connectivity index is 1.14. The van der Waals surface area contributed by atoms with Crippen molar-refractivity contribution in [3.8, 4) is 11.5 Å². The maximum absolute atomic E-state index is 13.2. The average molecular weight is 771 g/mol. The largest absolute Gasteiger partial charge is 0.506 e. The summed E-state index contributed by atoms with van der Waals surface area (Å²) >= 11 is 0. The number of hydrogen-bond acceptors (Lipinski definition) is 9. The van der Waals surface area contributed by atoms with Crippen molar-refractivity contribution >= 4 is 82.4 Å². The minimum atomic E-state index is -4.82. The molecule has 6 aromatic carbocycles. The minimum absolute atomic E-state index is 0.0271. The molecule has 0 saturated heterocycles. The van der Waals surface area contributed by atoms with Gasteiger partial charge >= 0.3 is 6.03 Å². The zero-order valence-corrected chi connectivity index (χ0v) is 29.8. The lowest BCUT2D eigenvalue weighted by Crippen LogP contribution is -2.21. The first-order valence-electron chi connectivity index (χ1n) is 15.8. The molecular weight excluding hydrogens is 741 g/mol.